The quantitative estimate of drug-likeness (QED) is 0.605. The van der Waals surface area contributed by atoms with Gasteiger partial charge in [0.1, 0.15) is 0 Å². The lowest BCUT2D eigenvalue weighted by Crippen LogP contribution is -2.44. The molecule has 0 aromatic heterocycles. The van der Waals surface area contributed by atoms with Crippen LogP contribution in [0, 0.1) is 0 Å². The highest BCUT2D eigenvalue weighted by molar-refractivity contribution is 5.95. The summed E-state index contributed by atoms with van der Waals surface area (Å²) in [7, 11) is 0. The van der Waals surface area contributed by atoms with Crippen molar-refractivity contribution in [3.05, 3.63) is 35.9 Å². The highest BCUT2D eigenvalue weighted by Crippen LogP contribution is 2.17. The van der Waals surface area contributed by atoms with Crippen LogP contribution in [0.1, 0.15) is 45.2 Å². The number of rotatable bonds is 8. The minimum Gasteiger partial charge on any atom is -0.455 e. The number of nitrogens with one attached hydrogen (secondary N) is 3. The molecule has 0 saturated heterocycles. The van der Waals surface area contributed by atoms with E-state index in [-0.39, 0.29) is 18.4 Å². The predicted octanol–water partition coefficient (Wildman–Crippen LogP) is 1.42. The highest BCUT2D eigenvalue weighted by atomic mass is 16.5. The number of carbonyl (C=O) groups excluding carboxylic acids is 4. The summed E-state index contributed by atoms with van der Waals surface area (Å²) in [6.07, 6.45) is 0.594. The van der Waals surface area contributed by atoms with E-state index in [4.69, 9.17) is 4.74 Å². The number of ether oxygens (including phenoxy) is 1. The number of hydrogen-bond acceptors (Lipinski definition) is 5. The maximum atomic E-state index is 12.0. The largest absolute Gasteiger partial charge is 0.455 e. The lowest BCUT2D eigenvalue weighted by molar-refractivity contribution is -0.148. The molecule has 1 aromatic rings. The van der Waals surface area contributed by atoms with E-state index in [1.54, 1.807) is 31.2 Å². The fraction of sp³-hybridized carbons (Fsp3) is 0.444. The summed E-state index contributed by atoms with van der Waals surface area (Å²) in [6, 6.07) is 7.69. The molecule has 0 aliphatic rings. The van der Waals surface area contributed by atoms with E-state index in [0.29, 0.717) is 0 Å². The predicted molar refractivity (Wildman–Crippen MR) is 95.0 cm³/mol. The Bertz CT molecular complexity index is 633. The third-order valence-corrected chi connectivity index (χ3v) is 3.56. The number of amides is 4. The third-order valence-electron chi connectivity index (χ3n) is 3.56. The van der Waals surface area contributed by atoms with Crippen molar-refractivity contribution in [2.24, 2.45) is 0 Å². The second kappa shape index (κ2) is 10.9. The lowest BCUT2D eigenvalue weighted by atomic mass is 10.0. The molecule has 8 nitrogen and oxygen atoms in total. The lowest BCUT2D eigenvalue weighted by Gasteiger charge is -2.17. The molecular weight excluding hydrogens is 338 g/mol. The zero-order valence-electron chi connectivity index (χ0n) is 15.2. The van der Waals surface area contributed by atoms with E-state index in [0.717, 1.165) is 12.0 Å². The Morgan fingerprint density at radius 1 is 1.08 bits per heavy atom. The standard InChI is InChI=1S/C18H25N3O5/c1-4-12(2)19-18(25)21-16(23)11-26-17(24)10-15(20-13(3)22)14-8-6-5-7-9-14/h5-9,12,15H,4,10-11H2,1-3H3,(H,20,22)(H2,19,21,23,25)/t12-,15+/m1/s1. The SMILES string of the molecule is CC[C@@H](C)NC(=O)NC(=O)COC(=O)C[C@H](NC(C)=O)c1ccccc1. The number of esters is 1. The minimum absolute atomic E-state index is 0.0744. The van der Waals surface area contributed by atoms with Crippen molar-refractivity contribution in [3.63, 3.8) is 0 Å². The molecule has 0 aliphatic carbocycles. The molecule has 1 rings (SSSR count). The highest BCUT2D eigenvalue weighted by Gasteiger charge is 2.19. The molecule has 0 radical (unpaired) electrons. The second-order valence-electron chi connectivity index (χ2n) is 5.86. The fourth-order valence-electron chi connectivity index (χ4n) is 2.08. The van der Waals surface area contributed by atoms with Gasteiger partial charge in [-0.25, -0.2) is 4.79 Å². The van der Waals surface area contributed by atoms with Gasteiger partial charge in [0.25, 0.3) is 5.91 Å². The maximum Gasteiger partial charge on any atom is 0.321 e. The van der Waals surface area contributed by atoms with Crippen LogP contribution in [-0.2, 0) is 19.1 Å². The van der Waals surface area contributed by atoms with Crippen LogP contribution in [0.3, 0.4) is 0 Å². The normalized spacial score (nSPS) is 12.4. The molecule has 0 fully saturated rings. The van der Waals surface area contributed by atoms with E-state index in [2.05, 4.69) is 16.0 Å². The van der Waals surface area contributed by atoms with E-state index < -0.39 is 30.6 Å². The Kier molecular flexibility index (Phi) is 8.83. The van der Waals surface area contributed by atoms with Crippen molar-refractivity contribution < 1.29 is 23.9 Å². The van der Waals surface area contributed by atoms with Crippen LogP contribution in [0.2, 0.25) is 0 Å². The molecular formula is C18H25N3O5. The zero-order chi connectivity index (χ0) is 19.5. The van der Waals surface area contributed by atoms with Crippen molar-refractivity contribution >= 4 is 23.8 Å². The van der Waals surface area contributed by atoms with E-state index in [1.165, 1.54) is 6.92 Å². The Hall–Kier alpha value is -2.90. The molecule has 0 aliphatic heterocycles. The van der Waals surface area contributed by atoms with Gasteiger partial charge in [-0.1, -0.05) is 37.3 Å². The summed E-state index contributed by atoms with van der Waals surface area (Å²) in [5.41, 5.74) is 0.747. The average molecular weight is 363 g/mol. The first-order valence-corrected chi connectivity index (χ1v) is 8.39. The van der Waals surface area contributed by atoms with Crippen LogP contribution in [0.4, 0.5) is 4.79 Å². The van der Waals surface area contributed by atoms with E-state index >= 15 is 0 Å². The number of imide groups is 1. The van der Waals surface area contributed by atoms with Gasteiger partial charge in [-0.15, -0.1) is 0 Å². The number of hydrogen-bond donors (Lipinski definition) is 3. The average Bonchev–Trinajstić information content (AvgIpc) is 2.59. The molecule has 8 heteroatoms. The van der Waals surface area contributed by atoms with Crippen LogP contribution < -0.4 is 16.0 Å². The summed E-state index contributed by atoms with van der Waals surface area (Å²) in [5, 5.41) is 7.32. The van der Waals surface area contributed by atoms with Crippen molar-refractivity contribution in [1.82, 2.24) is 16.0 Å². The topological polar surface area (TPSA) is 114 Å². The van der Waals surface area contributed by atoms with Crippen molar-refractivity contribution in [3.8, 4) is 0 Å². The number of benzene rings is 1. The van der Waals surface area contributed by atoms with Crippen LogP contribution in [0.15, 0.2) is 30.3 Å². The summed E-state index contributed by atoms with van der Waals surface area (Å²) in [6.45, 7) is 4.47. The maximum absolute atomic E-state index is 12.0. The smallest absolute Gasteiger partial charge is 0.321 e. The number of urea groups is 1. The van der Waals surface area contributed by atoms with Crippen molar-refractivity contribution in [2.75, 3.05) is 6.61 Å². The van der Waals surface area contributed by atoms with Gasteiger partial charge in [-0.05, 0) is 18.9 Å². The van der Waals surface area contributed by atoms with Crippen LogP contribution in [-0.4, -0.2) is 36.5 Å². The van der Waals surface area contributed by atoms with E-state index in [9.17, 15) is 19.2 Å². The van der Waals surface area contributed by atoms with Gasteiger partial charge in [0.15, 0.2) is 6.61 Å². The summed E-state index contributed by atoms with van der Waals surface area (Å²) >= 11 is 0. The zero-order valence-corrected chi connectivity index (χ0v) is 15.2. The Morgan fingerprint density at radius 2 is 1.73 bits per heavy atom. The summed E-state index contributed by atoms with van der Waals surface area (Å²) < 4.78 is 4.89. The minimum atomic E-state index is -0.727. The molecule has 3 N–H and O–H groups in total. The van der Waals surface area contributed by atoms with Crippen LogP contribution >= 0.6 is 0 Å². The number of carbonyl (C=O) groups is 4. The van der Waals surface area contributed by atoms with Crippen molar-refractivity contribution in [2.45, 2.75) is 45.7 Å². The Balaban J connectivity index is 2.49. The van der Waals surface area contributed by atoms with Crippen LogP contribution in [0.5, 0.6) is 0 Å². The first kappa shape index (κ1) is 21.1. The van der Waals surface area contributed by atoms with Gasteiger partial charge in [0, 0.05) is 13.0 Å². The Labute approximate surface area is 152 Å². The molecule has 26 heavy (non-hydrogen) atoms. The van der Waals surface area contributed by atoms with Gasteiger partial charge < -0.3 is 15.4 Å². The molecule has 142 valence electrons. The molecule has 0 spiro atoms. The molecule has 2 atom stereocenters. The molecule has 1 aromatic carbocycles. The van der Waals surface area contributed by atoms with E-state index in [1.807, 2.05) is 13.0 Å². The van der Waals surface area contributed by atoms with Gasteiger partial charge in [-0.2, -0.15) is 0 Å². The van der Waals surface area contributed by atoms with Crippen LogP contribution in [0.25, 0.3) is 0 Å². The molecule has 0 unspecified atom stereocenters. The third kappa shape index (κ3) is 8.27. The van der Waals surface area contributed by atoms with Gasteiger partial charge in [0.05, 0.1) is 12.5 Å². The molecule has 0 heterocycles. The monoisotopic (exact) mass is 363 g/mol. The molecule has 0 saturated carbocycles. The van der Waals surface area contributed by atoms with Crippen molar-refractivity contribution in [1.29, 1.82) is 0 Å². The molecule has 4 amide bonds. The summed E-state index contributed by atoms with van der Waals surface area (Å²) in [4.78, 5) is 46.5. The first-order chi connectivity index (χ1) is 12.3. The van der Waals surface area contributed by atoms with Gasteiger partial charge in [0.2, 0.25) is 5.91 Å². The fourth-order valence-corrected chi connectivity index (χ4v) is 2.08. The summed E-state index contributed by atoms with van der Waals surface area (Å²) in [5.74, 6) is -1.67. The van der Waals surface area contributed by atoms with Gasteiger partial charge >= 0.3 is 12.0 Å². The molecule has 0 bridgehead atoms. The first-order valence-electron chi connectivity index (χ1n) is 8.39. The second-order valence-corrected chi connectivity index (χ2v) is 5.86. The Morgan fingerprint density at radius 3 is 2.31 bits per heavy atom. The van der Waals surface area contributed by atoms with Gasteiger partial charge in [-0.3, -0.25) is 19.7 Å².